The Morgan fingerprint density at radius 2 is 1.86 bits per heavy atom. The second-order valence-electron chi connectivity index (χ2n) is 5.56. The van der Waals surface area contributed by atoms with Crippen LogP contribution in [0.3, 0.4) is 0 Å². The predicted molar refractivity (Wildman–Crippen MR) is 74.3 cm³/mol. The van der Waals surface area contributed by atoms with Crippen molar-refractivity contribution in [2.75, 3.05) is 0 Å². The van der Waals surface area contributed by atoms with Crippen LogP contribution in [0.25, 0.3) is 0 Å². The maximum absolute atomic E-state index is 11.6. The standard InChI is InChI=1S/C14H19NO6/c1-14(2,3)21-13(20)15-9(12(18)19)6-8-4-5-10(16)11(17)7-8/h4-5,7,9,16-17H,6H2,1-3H3,(H,15,20)(H,18,19). The third-order valence-corrected chi connectivity index (χ3v) is 2.47. The molecular weight excluding hydrogens is 278 g/mol. The van der Waals surface area contributed by atoms with Gasteiger partial charge >= 0.3 is 12.1 Å². The number of nitrogens with one attached hydrogen (secondary N) is 1. The van der Waals surface area contributed by atoms with Gasteiger partial charge in [0.05, 0.1) is 0 Å². The Morgan fingerprint density at radius 1 is 1.24 bits per heavy atom. The van der Waals surface area contributed by atoms with Crippen LogP contribution in [0.1, 0.15) is 26.3 Å². The number of carboxylic acids is 1. The maximum Gasteiger partial charge on any atom is 0.408 e. The van der Waals surface area contributed by atoms with E-state index in [1.54, 1.807) is 20.8 Å². The zero-order chi connectivity index (χ0) is 16.2. The topological polar surface area (TPSA) is 116 Å². The van der Waals surface area contributed by atoms with Crippen LogP contribution in [-0.4, -0.2) is 39.0 Å². The summed E-state index contributed by atoms with van der Waals surface area (Å²) in [7, 11) is 0. The highest BCUT2D eigenvalue weighted by molar-refractivity contribution is 5.80. The van der Waals surface area contributed by atoms with Crippen LogP contribution >= 0.6 is 0 Å². The van der Waals surface area contributed by atoms with Crippen LogP contribution in [0.5, 0.6) is 11.5 Å². The number of phenolic OH excluding ortho intramolecular Hbond substituents is 2. The molecule has 0 aliphatic heterocycles. The van der Waals surface area contributed by atoms with Gasteiger partial charge in [0, 0.05) is 6.42 Å². The lowest BCUT2D eigenvalue weighted by atomic mass is 10.1. The molecule has 0 heterocycles. The summed E-state index contributed by atoms with van der Waals surface area (Å²) < 4.78 is 5.00. The van der Waals surface area contributed by atoms with Crippen molar-refractivity contribution >= 4 is 12.1 Å². The molecule has 1 amide bonds. The molecule has 1 unspecified atom stereocenters. The van der Waals surface area contributed by atoms with Crippen LogP contribution in [0.15, 0.2) is 18.2 Å². The number of phenols is 2. The SMILES string of the molecule is CC(C)(C)OC(=O)NC(Cc1ccc(O)c(O)c1)C(=O)O. The molecular formula is C14H19NO6. The first kappa shape index (κ1) is 16.6. The summed E-state index contributed by atoms with van der Waals surface area (Å²) in [6, 6.07) is 2.74. The van der Waals surface area contributed by atoms with Crippen molar-refractivity contribution in [1.29, 1.82) is 0 Å². The Morgan fingerprint density at radius 3 is 2.33 bits per heavy atom. The minimum Gasteiger partial charge on any atom is -0.504 e. The zero-order valence-corrected chi connectivity index (χ0v) is 12.1. The van der Waals surface area contributed by atoms with Gasteiger partial charge in [0.1, 0.15) is 11.6 Å². The van der Waals surface area contributed by atoms with Gasteiger partial charge in [0.25, 0.3) is 0 Å². The van der Waals surface area contributed by atoms with Crippen molar-refractivity contribution in [3.05, 3.63) is 23.8 Å². The molecule has 4 N–H and O–H groups in total. The first-order valence-electron chi connectivity index (χ1n) is 6.31. The van der Waals surface area contributed by atoms with Gasteiger partial charge in [-0.3, -0.25) is 0 Å². The molecule has 116 valence electrons. The first-order chi connectivity index (χ1) is 9.58. The number of alkyl carbamates (subject to hydrolysis) is 1. The van der Waals surface area contributed by atoms with E-state index in [1.807, 2.05) is 0 Å². The molecule has 0 aliphatic carbocycles. The van der Waals surface area contributed by atoms with Crippen molar-refractivity contribution in [2.24, 2.45) is 0 Å². The van der Waals surface area contributed by atoms with Gasteiger partial charge in [-0.1, -0.05) is 6.07 Å². The second-order valence-corrected chi connectivity index (χ2v) is 5.56. The van der Waals surface area contributed by atoms with Gasteiger partial charge in [-0.25, -0.2) is 9.59 Å². The Balaban J connectivity index is 2.76. The van der Waals surface area contributed by atoms with Crippen molar-refractivity contribution in [1.82, 2.24) is 5.32 Å². The average Bonchev–Trinajstić information content (AvgIpc) is 2.30. The fourth-order valence-corrected chi connectivity index (χ4v) is 1.58. The van der Waals surface area contributed by atoms with E-state index in [4.69, 9.17) is 9.84 Å². The highest BCUT2D eigenvalue weighted by atomic mass is 16.6. The van der Waals surface area contributed by atoms with E-state index in [9.17, 15) is 19.8 Å². The monoisotopic (exact) mass is 297 g/mol. The van der Waals surface area contributed by atoms with Crippen LogP contribution in [-0.2, 0) is 16.0 Å². The highest BCUT2D eigenvalue weighted by Crippen LogP contribution is 2.25. The number of hydrogen-bond acceptors (Lipinski definition) is 5. The quantitative estimate of drug-likeness (QED) is 0.627. The molecule has 1 aromatic rings. The van der Waals surface area contributed by atoms with Gasteiger partial charge in [-0.2, -0.15) is 0 Å². The molecule has 0 aromatic heterocycles. The molecule has 0 bridgehead atoms. The fraction of sp³-hybridized carbons (Fsp3) is 0.429. The Kier molecular flexibility index (Phi) is 5.02. The lowest BCUT2D eigenvalue weighted by Gasteiger charge is -2.22. The predicted octanol–water partition coefficient (Wildman–Crippen LogP) is 1.62. The zero-order valence-electron chi connectivity index (χ0n) is 12.1. The van der Waals surface area contributed by atoms with Crippen molar-refractivity contribution < 1.29 is 29.6 Å². The van der Waals surface area contributed by atoms with E-state index in [-0.39, 0.29) is 17.9 Å². The van der Waals surface area contributed by atoms with Gasteiger partial charge in [0.2, 0.25) is 0 Å². The molecule has 1 atom stereocenters. The van der Waals surface area contributed by atoms with Crippen molar-refractivity contribution in [3.8, 4) is 11.5 Å². The number of carboxylic acid groups (broad SMARTS) is 1. The summed E-state index contributed by atoms with van der Waals surface area (Å²) in [5.41, 5.74) is -0.280. The summed E-state index contributed by atoms with van der Waals surface area (Å²) in [6.45, 7) is 5.00. The second kappa shape index (κ2) is 6.34. The summed E-state index contributed by atoms with van der Waals surface area (Å²) in [4.78, 5) is 22.8. The molecule has 1 aromatic carbocycles. The van der Waals surface area contributed by atoms with Crippen molar-refractivity contribution in [2.45, 2.75) is 38.8 Å². The molecule has 0 fully saturated rings. The largest absolute Gasteiger partial charge is 0.504 e. The number of carbonyl (C=O) groups is 2. The fourth-order valence-electron chi connectivity index (χ4n) is 1.58. The summed E-state index contributed by atoms with van der Waals surface area (Å²) >= 11 is 0. The van der Waals surface area contributed by atoms with E-state index in [0.717, 1.165) is 0 Å². The van der Waals surface area contributed by atoms with E-state index >= 15 is 0 Å². The van der Waals surface area contributed by atoms with Gasteiger partial charge in [-0.05, 0) is 38.5 Å². The van der Waals surface area contributed by atoms with Crippen LogP contribution in [0.2, 0.25) is 0 Å². The maximum atomic E-state index is 11.6. The third-order valence-electron chi connectivity index (χ3n) is 2.47. The van der Waals surface area contributed by atoms with Crippen molar-refractivity contribution in [3.63, 3.8) is 0 Å². The number of rotatable bonds is 4. The molecule has 21 heavy (non-hydrogen) atoms. The van der Waals surface area contributed by atoms with Crippen LogP contribution < -0.4 is 5.32 Å². The normalized spacial score (nSPS) is 12.5. The lowest BCUT2D eigenvalue weighted by molar-refractivity contribution is -0.139. The van der Waals surface area contributed by atoms with Gasteiger partial charge in [0.15, 0.2) is 11.5 Å². The number of aromatic hydroxyl groups is 2. The minimum absolute atomic E-state index is 0.0532. The minimum atomic E-state index is -1.23. The summed E-state index contributed by atoms with van der Waals surface area (Å²) in [5.74, 6) is -1.88. The molecule has 0 radical (unpaired) electrons. The molecule has 7 heteroatoms. The number of ether oxygens (including phenoxy) is 1. The molecule has 7 nitrogen and oxygen atoms in total. The molecule has 0 saturated carbocycles. The number of benzene rings is 1. The van der Waals surface area contributed by atoms with E-state index in [0.29, 0.717) is 5.56 Å². The summed E-state index contributed by atoms with van der Waals surface area (Å²) in [5, 5.41) is 30.0. The van der Waals surface area contributed by atoms with E-state index in [1.165, 1.54) is 18.2 Å². The summed E-state index contributed by atoms with van der Waals surface area (Å²) in [6.07, 6.45) is -0.888. The third kappa shape index (κ3) is 5.60. The average molecular weight is 297 g/mol. The number of aliphatic carboxylic acids is 1. The van der Waals surface area contributed by atoms with E-state index in [2.05, 4.69) is 5.32 Å². The number of carbonyl (C=O) groups excluding carboxylic acids is 1. The first-order valence-corrected chi connectivity index (χ1v) is 6.31. The van der Waals surface area contributed by atoms with Crippen LogP contribution in [0, 0.1) is 0 Å². The number of hydrogen-bond donors (Lipinski definition) is 4. The Bertz CT molecular complexity index is 535. The molecule has 1 rings (SSSR count). The Hall–Kier alpha value is -2.44. The molecule has 0 spiro atoms. The van der Waals surface area contributed by atoms with Gasteiger partial charge < -0.3 is 25.4 Å². The smallest absolute Gasteiger partial charge is 0.408 e. The van der Waals surface area contributed by atoms with Gasteiger partial charge in [-0.15, -0.1) is 0 Å². The Labute approximate surface area is 122 Å². The highest BCUT2D eigenvalue weighted by Gasteiger charge is 2.24. The molecule has 0 saturated heterocycles. The molecule has 0 aliphatic rings. The lowest BCUT2D eigenvalue weighted by Crippen LogP contribution is -2.44. The van der Waals surface area contributed by atoms with Crippen LogP contribution in [0.4, 0.5) is 4.79 Å². The van der Waals surface area contributed by atoms with E-state index < -0.39 is 23.7 Å². The number of amides is 1.